The lowest BCUT2D eigenvalue weighted by Gasteiger charge is -2.22. The number of hydrogen-bond acceptors (Lipinski definition) is 6. The van der Waals surface area contributed by atoms with Crippen LogP contribution in [0.4, 0.5) is 19.4 Å². The van der Waals surface area contributed by atoms with Crippen LogP contribution in [0.2, 0.25) is 0 Å². The second kappa shape index (κ2) is 7.62. The molecule has 0 saturated carbocycles. The van der Waals surface area contributed by atoms with Crippen molar-refractivity contribution < 1.29 is 33.6 Å². The van der Waals surface area contributed by atoms with Crippen LogP contribution in [0, 0.1) is 0 Å². The monoisotopic (exact) mass is 397 g/mol. The van der Waals surface area contributed by atoms with Gasteiger partial charge in [0.25, 0.3) is 0 Å². The highest BCUT2D eigenvalue weighted by Gasteiger charge is 2.59. The number of alkyl halides is 2. The molecule has 28 heavy (non-hydrogen) atoms. The molecule has 1 saturated heterocycles. The Morgan fingerprint density at radius 1 is 1.29 bits per heavy atom. The Labute approximate surface area is 157 Å². The van der Waals surface area contributed by atoms with Crippen molar-refractivity contribution >= 4 is 11.9 Å². The number of rotatable bonds is 5. The molecule has 1 aromatic heterocycles. The molecule has 1 amide bonds. The lowest BCUT2D eigenvalue weighted by Crippen LogP contribution is -2.42. The first-order valence-electron chi connectivity index (χ1n) is 8.21. The fraction of sp³-hybridized carbons (Fsp3) is 0.353. The number of aromatic nitrogens is 2. The summed E-state index contributed by atoms with van der Waals surface area (Å²) < 4.78 is 33.7. The third-order valence-electron chi connectivity index (χ3n) is 4.32. The van der Waals surface area contributed by atoms with Crippen molar-refractivity contribution in [3.05, 3.63) is 58.6 Å². The van der Waals surface area contributed by atoms with Crippen LogP contribution in [0.1, 0.15) is 11.8 Å². The highest BCUT2D eigenvalue weighted by molar-refractivity contribution is 5.84. The summed E-state index contributed by atoms with van der Waals surface area (Å²) in [5, 5.41) is 28.0. The van der Waals surface area contributed by atoms with E-state index in [2.05, 4.69) is 4.98 Å². The summed E-state index contributed by atoms with van der Waals surface area (Å²) in [6, 6.07) is 9.62. The summed E-state index contributed by atoms with van der Waals surface area (Å²) in [7, 11) is 0. The number of carboxylic acid groups (broad SMARTS) is 1. The van der Waals surface area contributed by atoms with Crippen molar-refractivity contribution in [3.8, 4) is 0 Å². The largest absolute Gasteiger partial charge is 0.465 e. The molecule has 0 bridgehead atoms. The molecule has 150 valence electrons. The number of halogens is 2. The number of aliphatic hydroxyl groups excluding tert-OH is 2. The Morgan fingerprint density at radius 2 is 1.96 bits per heavy atom. The van der Waals surface area contributed by atoms with Gasteiger partial charge in [-0.05, 0) is 11.6 Å². The summed E-state index contributed by atoms with van der Waals surface area (Å²) >= 11 is 0. The molecule has 2 heterocycles. The summed E-state index contributed by atoms with van der Waals surface area (Å²) in [4.78, 5) is 28.2. The van der Waals surface area contributed by atoms with Gasteiger partial charge in [0, 0.05) is 6.20 Å². The molecular weight excluding hydrogens is 380 g/mol. The van der Waals surface area contributed by atoms with E-state index in [0.29, 0.717) is 10.1 Å². The lowest BCUT2D eigenvalue weighted by atomic mass is 10.1. The molecule has 1 aliphatic rings. The topological polar surface area (TPSA) is 125 Å². The number of carbonyl (C=O) groups is 1. The van der Waals surface area contributed by atoms with Gasteiger partial charge in [0.15, 0.2) is 6.10 Å². The minimum Gasteiger partial charge on any atom is -0.465 e. The number of benzene rings is 1. The second-order valence-corrected chi connectivity index (χ2v) is 6.16. The van der Waals surface area contributed by atoms with E-state index >= 15 is 0 Å². The fourth-order valence-corrected chi connectivity index (χ4v) is 2.86. The fourth-order valence-electron chi connectivity index (χ4n) is 2.86. The molecule has 11 heteroatoms. The van der Waals surface area contributed by atoms with E-state index < -0.39 is 42.7 Å². The molecule has 2 aromatic rings. The van der Waals surface area contributed by atoms with Gasteiger partial charge in [-0.25, -0.2) is 9.59 Å². The first kappa shape index (κ1) is 19.9. The van der Waals surface area contributed by atoms with Gasteiger partial charge in [-0.1, -0.05) is 30.3 Å². The normalized spacial score (nSPS) is 23.5. The first-order valence-corrected chi connectivity index (χ1v) is 8.21. The van der Waals surface area contributed by atoms with Gasteiger partial charge in [-0.2, -0.15) is 13.8 Å². The standard InChI is InChI=1S/C17H17F2N3O6/c18-17(19)13(24)11(9-23)28-14(17)21-7-6-12(20-15(21)25)22(16(26)27)8-10-4-2-1-3-5-10/h1-7,11,13-14,23-24H,8-9H2,(H,26,27)/t11-,13-,14-/m1/s1. The average Bonchev–Trinajstić information content (AvgIpc) is 2.89. The summed E-state index contributed by atoms with van der Waals surface area (Å²) in [5.41, 5.74) is -0.553. The van der Waals surface area contributed by atoms with E-state index in [0.717, 1.165) is 17.2 Å². The van der Waals surface area contributed by atoms with Gasteiger partial charge in [0.2, 0.25) is 6.23 Å². The van der Waals surface area contributed by atoms with Gasteiger partial charge >= 0.3 is 17.7 Å². The minimum absolute atomic E-state index is 0.103. The van der Waals surface area contributed by atoms with Crippen LogP contribution < -0.4 is 10.6 Å². The number of aliphatic hydroxyl groups is 2. The van der Waals surface area contributed by atoms with Crippen LogP contribution in [0.3, 0.4) is 0 Å². The van der Waals surface area contributed by atoms with Crippen molar-refractivity contribution in [3.63, 3.8) is 0 Å². The molecule has 3 rings (SSSR count). The zero-order chi connectivity index (χ0) is 20.5. The van der Waals surface area contributed by atoms with Crippen LogP contribution in [0.5, 0.6) is 0 Å². The van der Waals surface area contributed by atoms with E-state index in [1.165, 1.54) is 0 Å². The number of ether oxygens (including phenoxy) is 1. The van der Waals surface area contributed by atoms with Crippen LogP contribution >= 0.6 is 0 Å². The van der Waals surface area contributed by atoms with Crippen LogP contribution in [-0.4, -0.2) is 55.7 Å². The Morgan fingerprint density at radius 3 is 2.50 bits per heavy atom. The maximum atomic E-state index is 14.2. The maximum absolute atomic E-state index is 14.2. The van der Waals surface area contributed by atoms with Gasteiger partial charge < -0.3 is 20.1 Å². The highest BCUT2D eigenvalue weighted by Crippen LogP contribution is 2.42. The molecule has 9 nitrogen and oxygen atoms in total. The van der Waals surface area contributed by atoms with Crippen molar-refractivity contribution in [2.45, 2.75) is 30.9 Å². The molecular formula is C17H17F2N3O6. The Hall–Kier alpha value is -2.89. The molecule has 1 aromatic carbocycles. The Bertz CT molecular complexity index is 907. The third kappa shape index (κ3) is 3.59. The predicted molar refractivity (Wildman–Crippen MR) is 91.1 cm³/mol. The average molecular weight is 397 g/mol. The van der Waals surface area contributed by atoms with Gasteiger partial charge in [-0.15, -0.1) is 0 Å². The molecule has 1 fully saturated rings. The summed E-state index contributed by atoms with van der Waals surface area (Å²) in [6.07, 6.45) is -6.52. The summed E-state index contributed by atoms with van der Waals surface area (Å²) in [5.74, 6) is -4.10. The number of amides is 1. The number of hydrogen-bond donors (Lipinski definition) is 3. The van der Waals surface area contributed by atoms with Crippen molar-refractivity contribution in [1.82, 2.24) is 9.55 Å². The van der Waals surface area contributed by atoms with Gasteiger partial charge in [0.1, 0.15) is 11.9 Å². The second-order valence-electron chi connectivity index (χ2n) is 6.16. The van der Waals surface area contributed by atoms with Crippen LogP contribution in [-0.2, 0) is 11.3 Å². The molecule has 0 aliphatic carbocycles. The van der Waals surface area contributed by atoms with E-state index in [1.54, 1.807) is 30.3 Å². The third-order valence-corrected chi connectivity index (χ3v) is 4.32. The molecule has 3 atom stereocenters. The van der Waals surface area contributed by atoms with Gasteiger partial charge in [-0.3, -0.25) is 9.47 Å². The number of nitrogens with zero attached hydrogens (tertiary/aromatic N) is 3. The van der Waals surface area contributed by atoms with E-state index in [4.69, 9.17) is 9.84 Å². The van der Waals surface area contributed by atoms with Crippen molar-refractivity contribution in [2.24, 2.45) is 0 Å². The zero-order valence-corrected chi connectivity index (χ0v) is 14.4. The lowest BCUT2D eigenvalue weighted by molar-refractivity contribution is -0.140. The van der Waals surface area contributed by atoms with E-state index in [1.807, 2.05) is 0 Å². The van der Waals surface area contributed by atoms with Crippen molar-refractivity contribution in [2.75, 3.05) is 11.5 Å². The molecule has 0 radical (unpaired) electrons. The van der Waals surface area contributed by atoms with Crippen LogP contribution in [0.25, 0.3) is 0 Å². The minimum atomic E-state index is -3.85. The van der Waals surface area contributed by atoms with E-state index in [9.17, 15) is 28.6 Å². The Balaban J connectivity index is 1.91. The quantitative estimate of drug-likeness (QED) is 0.682. The van der Waals surface area contributed by atoms with Gasteiger partial charge in [0.05, 0.1) is 13.2 Å². The smallest absolute Gasteiger partial charge is 0.413 e. The molecule has 1 aliphatic heterocycles. The van der Waals surface area contributed by atoms with Crippen molar-refractivity contribution in [1.29, 1.82) is 0 Å². The maximum Gasteiger partial charge on any atom is 0.413 e. The Kier molecular flexibility index (Phi) is 5.40. The first-order chi connectivity index (χ1) is 13.3. The summed E-state index contributed by atoms with van der Waals surface area (Å²) in [6.45, 7) is -0.967. The number of anilines is 1. The molecule has 3 N–H and O–H groups in total. The molecule has 0 spiro atoms. The van der Waals surface area contributed by atoms with E-state index in [-0.39, 0.29) is 12.4 Å². The van der Waals surface area contributed by atoms with Crippen LogP contribution in [0.15, 0.2) is 47.4 Å². The zero-order valence-electron chi connectivity index (χ0n) is 14.4. The highest BCUT2D eigenvalue weighted by atomic mass is 19.3. The predicted octanol–water partition coefficient (Wildman–Crippen LogP) is 0.814. The SMILES string of the molecule is O=C(O)N(Cc1ccccc1)c1ccn([C@@H]2O[C@H](CO)[C@@H](O)C2(F)F)c(=O)n1. The molecule has 0 unspecified atom stereocenters.